The number of nitrogens with zero attached hydrogens (tertiary/aromatic N) is 3. The van der Waals surface area contributed by atoms with Crippen molar-refractivity contribution < 1.29 is 18.8 Å². The second kappa shape index (κ2) is 8.04. The van der Waals surface area contributed by atoms with Crippen LogP contribution in [-0.2, 0) is 18.8 Å². The Balaban J connectivity index is 1.48. The highest BCUT2D eigenvalue weighted by molar-refractivity contribution is 6.62. The third kappa shape index (κ3) is 5.41. The van der Waals surface area contributed by atoms with Crippen LogP contribution >= 0.6 is 0 Å². The molecule has 0 aliphatic carbocycles. The van der Waals surface area contributed by atoms with Crippen molar-refractivity contribution in [1.82, 2.24) is 14.7 Å². The minimum absolute atomic E-state index is 0.126. The maximum Gasteiger partial charge on any atom is 0.498 e. The maximum absolute atomic E-state index is 11.9. The third-order valence-corrected chi connectivity index (χ3v) is 6.13. The quantitative estimate of drug-likeness (QED) is 0.554. The van der Waals surface area contributed by atoms with Crippen molar-refractivity contribution in [3.63, 3.8) is 0 Å². The van der Waals surface area contributed by atoms with Crippen LogP contribution < -0.4 is 5.46 Å². The van der Waals surface area contributed by atoms with Crippen molar-refractivity contribution in [2.75, 3.05) is 19.6 Å². The zero-order valence-electron chi connectivity index (χ0n) is 19.0. The molecule has 0 radical (unpaired) electrons. The number of aromatic nitrogens is 2. The zero-order chi connectivity index (χ0) is 21.4. The summed E-state index contributed by atoms with van der Waals surface area (Å²) < 4.78 is 19.7. The van der Waals surface area contributed by atoms with Crippen LogP contribution in [0.25, 0.3) is 0 Å². The Morgan fingerprint density at radius 1 is 1.21 bits per heavy atom. The van der Waals surface area contributed by atoms with E-state index in [0.29, 0.717) is 12.5 Å². The van der Waals surface area contributed by atoms with Crippen molar-refractivity contribution in [2.24, 2.45) is 0 Å². The fourth-order valence-electron chi connectivity index (χ4n) is 3.70. The lowest BCUT2D eigenvalue weighted by Crippen LogP contribution is -2.41. The van der Waals surface area contributed by atoms with E-state index < -0.39 is 5.60 Å². The molecule has 8 heteroatoms. The largest absolute Gasteiger partial charge is 0.498 e. The zero-order valence-corrected chi connectivity index (χ0v) is 19.0. The van der Waals surface area contributed by atoms with Gasteiger partial charge in [0.1, 0.15) is 5.60 Å². The molecule has 0 saturated carbocycles. The van der Waals surface area contributed by atoms with Gasteiger partial charge in [-0.25, -0.2) is 0 Å². The molecule has 0 aromatic carbocycles. The van der Waals surface area contributed by atoms with Crippen LogP contribution in [0, 0.1) is 0 Å². The van der Waals surface area contributed by atoms with E-state index in [1.807, 2.05) is 31.6 Å². The number of ether oxygens (including phenoxy) is 1. The highest BCUT2D eigenvalue weighted by atomic mass is 16.7. The molecule has 0 bridgehead atoms. The Morgan fingerprint density at radius 2 is 1.79 bits per heavy atom. The highest BCUT2D eigenvalue weighted by Gasteiger charge is 2.52. The summed E-state index contributed by atoms with van der Waals surface area (Å²) in [6, 6.07) is 0.365. The number of rotatable bonds is 5. The van der Waals surface area contributed by atoms with Crippen LogP contribution in [0.3, 0.4) is 0 Å². The molecule has 1 aromatic heterocycles. The summed E-state index contributed by atoms with van der Waals surface area (Å²) in [5, 5.41) is 4.58. The van der Waals surface area contributed by atoms with Gasteiger partial charge in [-0.2, -0.15) is 5.10 Å². The normalized spacial score (nSPS) is 22.8. The molecule has 3 heterocycles. The van der Waals surface area contributed by atoms with Crippen molar-refractivity contribution in [1.29, 1.82) is 0 Å². The standard InChI is InChI=1S/C21H36BN3O4/c1-19(2,3)27-18(26)10-13-24-11-8-17(9-12-24)25-15-16(14-23-25)22-28-20(4,5)21(6,7)29-22/h14-15,17H,8-13H2,1-7H3. The van der Waals surface area contributed by atoms with E-state index in [-0.39, 0.29) is 24.3 Å². The summed E-state index contributed by atoms with van der Waals surface area (Å²) in [4.78, 5) is 14.3. The van der Waals surface area contributed by atoms with Gasteiger partial charge in [-0.05, 0) is 61.3 Å². The average molecular weight is 405 g/mol. The second-order valence-electron chi connectivity index (χ2n) is 10.3. The van der Waals surface area contributed by atoms with Crippen molar-refractivity contribution >= 4 is 18.6 Å². The lowest BCUT2D eigenvalue weighted by Gasteiger charge is -2.32. The van der Waals surface area contributed by atoms with Crippen LogP contribution in [-0.4, -0.2) is 64.2 Å². The van der Waals surface area contributed by atoms with Crippen molar-refractivity contribution in [3.8, 4) is 0 Å². The minimum Gasteiger partial charge on any atom is -0.460 e. The van der Waals surface area contributed by atoms with Gasteiger partial charge in [0, 0.05) is 37.5 Å². The molecule has 0 amide bonds. The summed E-state index contributed by atoms with van der Waals surface area (Å²) >= 11 is 0. The first kappa shape index (κ1) is 22.3. The van der Waals surface area contributed by atoms with Crippen molar-refractivity contribution in [3.05, 3.63) is 12.4 Å². The van der Waals surface area contributed by atoms with Crippen molar-refractivity contribution in [2.45, 2.75) is 90.6 Å². The second-order valence-corrected chi connectivity index (χ2v) is 10.3. The monoisotopic (exact) mass is 405 g/mol. The number of hydrogen-bond acceptors (Lipinski definition) is 6. The summed E-state index contributed by atoms with van der Waals surface area (Å²) in [5.74, 6) is -0.126. The summed E-state index contributed by atoms with van der Waals surface area (Å²) in [7, 11) is -0.373. The molecule has 0 spiro atoms. The molecule has 2 fully saturated rings. The molecule has 3 rings (SSSR count). The van der Waals surface area contributed by atoms with E-state index in [1.54, 1.807) is 0 Å². The molecular weight excluding hydrogens is 369 g/mol. The molecule has 2 aliphatic rings. The fraction of sp³-hybridized carbons (Fsp3) is 0.810. The molecule has 0 atom stereocenters. The molecule has 2 saturated heterocycles. The van der Waals surface area contributed by atoms with Gasteiger partial charge < -0.3 is 18.9 Å². The number of hydrogen-bond donors (Lipinski definition) is 0. The number of carbonyl (C=O) groups is 1. The van der Waals surface area contributed by atoms with Gasteiger partial charge in [0.15, 0.2) is 0 Å². The molecule has 2 aliphatic heterocycles. The average Bonchev–Trinajstić information content (AvgIpc) is 3.15. The number of likely N-dealkylation sites (tertiary alicyclic amines) is 1. The van der Waals surface area contributed by atoms with Gasteiger partial charge >= 0.3 is 13.1 Å². The number of esters is 1. The van der Waals surface area contributed by atoms with Gasteiger partial charge in [0.2, 0.25) is 0 Å². The van der Waals surface area contributed by atoms with E-state index in [4.69, 9.17) is 14.0 Å². The lowest BCUT2D eigenvalue weighted by atomic mass is 9.82. The van der Waals surface area contributed by atoms with Crippen LogP contribution in [0.15, 0.2) is 12.4 Å². The molecule has 162 valence electrons. The van der Waals surface area contributed by atoms with E-state index >= 15 is 0 Å². The Hall–Kier alpha value is -1.38. The summed E-state index contributed by atoms with van der Waals surface area (Å²) in [6.45, 7) is 16.6. The molecular formula is C21H36BN3O4. The van der Waals surface area contributed by atoms with Gasteiger partial charge in [0.25, 0.3) is 0 Å². The topological polar surface area (TPSA) is 65.8 Å². The van der Waals surface area contributed by atoms with Crippen LogP contribution in [0.1, 0.15) is 73.8 Å². The van der Waals surface area contributed by atoms with E-state index in [9.17, 15) is 4.79 Å². The van der Waals surface area contributed by atoms with E-state index in [0.717, 1.165) is 37.9 Å². The predicted molar refractivity (Wildman–Crippen MR) is 113 cm³/mol. The number of piperidine rings is 1. The van der Waals surface area contributed by atoms with E-state index in [1.165, 1.54) is 0 Å². The van der Waals surface area contributed by atoms with Gasteiger partial charge in [-0.15, -0.1) is 0 Å². The first-order valence-electron chi connectivity index (χ1n) is 10.7. The maximum atomic E-state index is 11.9. The van der Waals surface area contributed by atoms with Gasteiger partial charge in [-0.1, -0.05) is 0 Å². The molecule has 29 heavy (non-hydrogen) atoms. The fourth-order valence-corrected chi connectivity index (χ4v) is 3.70. The summed E-state index contributed by atoms with van der Waals surface area (Å²) in [5.41, 5.74) is -0.145. The Kier molecular flexibility index (Phi) is 6.19. The Bertz CT molecular complexity index is 702. The molecule has 0 N–H and O–H groups in total. The first-order chi connectivity index (χ1) is 13.4. The molecule has 1 aromatic rings. The smallest absolute Gasteiger partial charge is 0.460 e. The highest BCUT2D eigenvalue weighted by Crippen LogP contribution is 2.36. The molecule has 0 unspecified atom stereocenters. The molecule has 7 nitrogen and oxygen atoms in total. The Morgan fingerprint density at radius 3 is 2.34 bits per heavy atom. The lowest BCUT2D eigenvalue weighted by molar-refractivity contribution is -0.155. The van der Waals surface area contributed by atoms with Crippen LogP contribution in [0.4, 0.5) is 0 Å². The van der Waals surface area contributed by atoms with Gasteiger partial charge in [-0.3, -0.25) is 9.48 Å². The minimum atomic E-state index is -0.418. The van der Waals surface area contributed by atoms with E-state index in [2.05, 4.69) is 43.9 Å². The first-order valence-corrected chi connectivity index (χ1v) is 10.7. The van der Waals surface area contributed by atoms with Gasteiger partial charge in [0.05, 0.1) is 23.7 Å². The SMILES string of the molecule is CC(C)(C)OC(=O)CCN1CCC(n2cc(B3OC(C)(C)C(C)(C)O3)cn2)CC1. The third-order valence-electron chi connectivity index (χ3n) is 6.13. The number of carbonyl (C=O) groups excluding carboxylic acids is 1. The van der Waals surface area contributed by atoms with Crippen LogP contribution in [0.5, 0.6) is 0 Å². The predicted octanol–water partition coefficient (Wildman–Crippen LogP) is 2.55. The summed E-state index contributed by atoms with van der Waals surface area (Å²) in [6.07, 6.45) is 6.38. The Labute approximate surface area is 175 Å². The van der Waals surface area contributed by atoms with Crippen LogP contribution in [0.2, 0.25) is 0 Å².